The summed E-state index contributed by atoms with van der Waals surface area (Å²) in [5.41, 5.74) is -1.12. The molecule has 1 saturated heterocycles. The highest BCUT2D eigenvalue weighted by atomic mass is 19.4. The molecule has 0 unspecified atom stereocenters. The maximum absolute atomic E-state index is 13.5. The van der Waals surface area contributed by atoms with E-state index in [9.17, 15) is 22.4 Å². The van der Waals surface area contributed by atoms with Crippen LogP contribution in [0.3, 0.4) is 0 Å². The lowest BCUT2D eigenvalue weighted by molar-refractivity contribution is -0.137. The first-order valence-corrected chi connectivity index (χ1v) is 9.50. The second-order valence-corrected chi connectivity index (χ2v) is 7.84. The molecular formula is C20H28F4N2O. The number of hydrogen-bond acceptors (Lipinski definition) is 1. The lowest BCUT2D eigenvalue weighted by atomic mass is 9.73. The van der Waals surface area contributed by atoms with E-state index in [1.54, 1.807) is 4.90 Å². The molecule has 2 amide bonds. The topological polar surface area (TPSA) is 32.3 Å². The second-order valence-electron chi connectivity index (χ2n) is 7.84. The zero-order valence-corrected chi connectivity index (χ0v) is 16.1. The Bertz CT molecular complexity index is 648. The van der Waals surface area contributed by atoms with Crippen LogP contribution >= 0.6 is 0 Å². The zero-order chi connectivity index (χ0) is 20.2. The van der Waals surface area contributed by atoms with Gasteiger partial charge in [-0.05, 0) is 48.8 Å². The summed E-state index contributed by atoms with van der Waals surface area (Å²) in [6, 6.07) is 1.58. The van der Waals surface area contributed by atoms with Crippen molar-refractivity contribution in [3.05, 3.63) is 29.6 Å². The third-order valence-electron chi connectivity index (χ3n) is 5.67. The molecule has 7 heteroatoms. The Morgan fingerprint density at radius 2 is 1.78 bits per heavy atom. The highest BCUT2D eigenvalue weighted by Gasteiger charge is 2.34. The highest BCUT2D eigenvalue weighted by molar-refractivity contribution is 5.89. The summed E-state index contributed by atoms with van der Waals surface area (Å²) in [5.74, 6) is -0.361. The van der Waals surface area contributed by atoms with Gasteiger partial charge < -0.3 is 10.2 Å². The lowest BCUT2D eigenvalue weighted by Crippen LogP contribution is -2.44. The van der Waals surface area contributed by atoms with E-state index >= 15 is 0 Å². The molecule has 0 saturated carbocycles. The summed E-state index contributed by atoms with van der Waals surface area (Å²) in [6.45, 7) is 7.71. The third kappa shape index (κ3) is 5.84. The molecule has 0 spiro atoms. The molecule has 1 aromatic rings. The molecule has 0 radical (unpaired) electrons. The van der Waals surface area contributed by atoms with E-state index in [0.717, 1.165) is 44.2 Å². The van der Waals surface area contributed by atoms with Gasteiger partial charge in [0.05, 0.1) is 5.56 Å². The van der Waals surface area contributed by atoms with Crippen LogP contribution in [0.5, 0.6) is 0 Å². The molecule has 1 fully saturated rings. The highest BCUT2D eigenvalue weighted by Crippen LogP contribution is 2.39. The van der Waals surface area contributed by atoms with Crippen molar-refractivity contribution in [2.75, 3.05) is 18.4 Å². The van der Waals surface area contributed by atoms with Crippen molar-refractivity contribution in [2.24, 2.45) is 11.3 Å². The van der Waals surface area contributed by atoms with E-state index in [-0.39, 0.29) is 11.1 Å². The van der Waals surface area contributed by atoms with E-state index in [4.69, 9.17) is 0 Å². The van der Waals surface area contributed by atoms with Crippen molar-refractivity contribution < 1.29 is 22.4 Å². The number of nitrogens with zero attached hydrogens (tertiary/aromatic N) is 1. The number of hydrogen-bond donors (Lipinski definition) is 1. The van der Waals surface area contributed by atoms with Crippen molar-refractivity contribution in [3.63, 3.8) is 0 Å². The summed E-state index contributed by atoms with van der Waals surface area (Å²) in [5, 5.41) is 2.40. The SMILES string of the molecule is CCC(CC)CC1(C)CCN(C(=O)Nc2cc(F)cc(C(F)(F)F)c2)CC1. The molecule has 3 nitrogen and oxygen atoms in total. The first kappa shape index (κ1) is 21.5. The van der Waals surface area contributed by atoms with E-state index in [1.165, 1.54) is 0 Å². The molecule has 1 aromatic carbocycles. The summed E-state index contributed by atoms with van der Waals surface area (Å²) < 4.78 is 51.9. The third-order valence-corrected chi connectivity index (χ3v) is 5.67. The largest absolute Gasteiger partial charge is 0.416 e. The molecule has 1 heterocycles. The first-order chi connectivity index (χ1) is 12.6. The lowest BCUT2D eigenvalue weighted by Gasteiger charge is -2.41. The van der Waals surface area contributed by atoms with Crippen LogP contribution in [0.4, 0.5) is 28.0 Å². The van der Waals surface area contributed by atoms with Crippen LogP contribution in [-0.4, -0.2) is 24.0 Å². The zero-order valence-electron chi connectivity index (χ0n) is 16.1. The van der Waals surface area contributed by atoms with Crippen LogP contribution in [0.15, 0.2) is 18.2 Å². The monoisotopic (exact) mass is 388 g/mol. The molecule has 0 aromatic heterocycles. The molecule has 27 heavy (non-hydrogen) atoms. The van der Waals surface area contributed by atoms with Gasteiger partial charge in [0, 0.05) is 18.8 Å². The van der Waals surface area contributed by atoms with Gasteiger partial charge in [-0.25, -0.2) is 9.18 Å². The smallest absolute Gasteiger partial charge is 0.324 e. The van der Waals surface area contributed by atoms with Crippen LogP contribution in [-0.2, 0) is 6.18 Å². The van der Waals surface area contributed by atoms with Crippen LogP contribution in [0, 0.1) is 17.2 Å². The van der Waals surface area contributed by atoms with Crippen molar-refractivity contribution in [3.8, 4) is 0 Å². The summed E-state index contributed by atoms with van der Waals surface area (Å²) in [4.78, 5) is 14.0. The standard InChI is InChI=1S/C20H28F4N2O/c1-4-14(5-2)13-19(3)6-8-26(9-7-19)18(27)25-17-11-15(20(22,23)24)10-16(21)12-17/h10-12,14H,4-9,13H2,1-3H3,(H,25,27). The molecule has 0 bridgehead atoms. The van der Waals surface area contributed by atoms with Gasteiger partial charge in [-0.2, -0.15) is 13.2 Å². The summed E-state index contributed by atoms with van der Waals surface area (Å²) >= 11 is 0. The van der Waals surface area contributed by atoms with Crippen LogP contribution in [0.25, 0.3) is 0 Å². The van der Waals surface area contributed by atoms with Gasteiger partial charge in [0.15, 0.2) is 0 Å². The first-order valence-electron chi connectivity index (χ1n) is 9.50. The number of halogens is 4. The van der Waals surface area contributed by atoms with Crippen molar-refractivity contribution in [1.29, 1.82) is 0 Å². The van der Waals surface area contributed by atoms with Gasteiger partial charge in [0.1, 0.15) is 5.82 Å². The number of benzene rings is 1. The number of urea groups is 1. The Hall–Kier alpha value is -1.79. The molecule has 1 aliphatic rings. The van der Waals surface area contributed by atoms with Crippen LogP contribution in [0.1, 0.15) is 58.4 Å². The molecule has 2 rings (SSSR count). The quantitative estimate of drug-likeness (QED) is 0.590. The number of carbonyl (C=O) groups excluding carboxylic acids is 1. The van der Waals surface area contributed by atoms with Gasteiger partial charge in [-0.15, -0.1) is 0 Å². The molecule has 0 aliphatic carbocycles. The van der Waals surface area contributed by atoms with Crippen LogP contribution in [0.2, 0.25) is 0 Å². The molecule has 1 N–H and O–H groups in total. The second kappa shape index (κ2) is 8.48. The molecule has 152 valence electrons. The number of anilines is 1. The molecule has 0 atom stereocenters. The number of carbonyl (C=O) groups is 1. The fraction of sp³-hybridized carbons (Fsp3) is 0.650. The fourth-order valence-electron chi connectivity index (χ4n) is 3.76. The number of likely N-dealkylation sites (tertiary alicyclic amines) is 1. The van der Waals surface area contributed by atoms with E-state index in [0.29, 0.717) is 25.1 Å². The Labute approximate surface area is 158 Å². The molecular weight excluding hydrogens is 360 g/mol. The van der Waals surface area contributed by atoms with Gasteiger partial charge >= 0.3 is 12.2 Å². The number of alkyl halides is 3. The maximum atomic E-state index is 13.5. The Morgan fingerprint density at radius 3 is 2.30 bits per heavy atom. The van der Waals surface area contributed by atoms with Crippen molar-refractivity contribution in [1.82, 2.24) is 4.90 Å². The minimum Gasteiger partial charge on any atom is -0.324 e. The Kier molecular flexibility index (Phi) is 6.76. The van der Waals surface area contributed by atoms with Crippen molar-refractivity contribution >= 4 is 11.7 Å². The van der Waals surface area contributed by atoms with E-state index in [2.05, 4.69) is 26.1 Å². The minimum atomic E-state index is -4.66. The Morgan fingerprint density at radius 1 is 1.19 bits per heavy atom. The molecule has 1 aliphatic heterocycles. The van der Waals surface area contributed by atoms with Crippen LogP contribution < -0.4 is 5.32 Å². The number of rotatable bonds is 5. The van der Waals surface area contributed by atoms with Crippen molar-refractivity contribution in [2.45, 2.75) is 59.1 Å². The van der Waals surface area contributed by atoms with Gasteiger partial charge in [0.25, 0.3) is 0 Å². The number of amides is 2. The minimum absolute atomic E-state index is 0.176. The Balaban J connectivity index is 1.98. The number of piperidine rings is 1. The van der Waals surface area contributed by atoms with E-state index < -0.39 is 23.6 Å². The summed E-state index contributed by atoms with van der Waals surface area (Å²) in [6.07, 6.45) is 0.439. The van der Waals surface area contributed by atoms with Gasteiger partial charge in [0.2, 0.25) is 0 Å². The predicted molar refractivity (Wildman–Crippen MR) is 98.0 cm³/mol. The predicted octanol–water partition coefficient (Wildman–Crippen LogP) is 6.30. The van der Waals surface area contributed by atoms with E-state index in [1.807, 2.05) is 0 Å². The van der Waals surface area contributed by atoms with Gasteiger partial charge in [-0.3, -0.25) is 0 Å². The average Bonchev–Trinajstić information content (AvgIpc) is 2.59. The van der Waals surface area contributed by atoms with Gasteiger partial charge in [-0.1, -0.05) is 33.6 Å². The maximum Gasteiger partial charge on any atom is 0.416 e. The average molecular weight is 388 g/mol. The normalized spacial score (nSPS) is 17.3. The number of nitrogens with one attached hydrogen (secondary N) is 1. The summed E-state index contributed by atoms with van der Waals surface area (Å²) in [7, 11) is 0. The fourth-order valence-corrected chi connectivity index (χ4v) is 3.76.